The van der Waals surface area contributed by atoms with Crippen molar-refractivity contribution < 1.29 is 27.5 Å². The summed E-state index contributed by atoms with van der Waals surface area (Å²) in [7, 11) is 0. The first kappa shape index (κ1) is 24.7. The quantitative estimate of drug-likeness (QED) is 0.466. The second kappa shape index (κ2) is 10.4. The number of pyridine rings is 2. The van der Waals surface area contributed by atoms with Crippen LogP contribution < -0.4 is 15.8 Å². The van der Waals surface area contributed by atoms with Gasteiger partial charge < -0.3 is 20.3 Å². The topological polar surface area (TPSA) is 98.3 Å². The Morgan fingerprint density at radius 3 is 2.44 bits per heavy atom. The van der Waals surface area contributed by atoms with E-state index in [2.05, 4.69) is 21.3 Å². The van der Waals surface area contributed by atoms with Crippen LogP contribution in [0.3, 0.4) is 0 Å². The van der Waals surface area contributed by atoms with E-state index in [4.69, 9.17) is 14.9 Å². The van der Waals surface area contributed by atoms with Crippen molar-refractivity contribution in [1.82, 2.24) is 9.97 Å². The molecule has 0 amide bonds. The molecule has 3 N–H and O–H groups in total. The first-order chi connectivity index (χ1) is 16.0. The average molecular weight is 478 g/mol. The van der Waals surface area contributed by atoms with E-state index in [0.717, 1.165) is 48.0 Å². The molecule has 3 aromatic rings. The predicted octanol–water partition coefficient (Wildman–Crippen LogP) is 4.80. The highest BCUT2D eigenvalue weighted by molar-refractivity contribution is 5.73. The summed E-state index contributed by atoms with van der Waals surface area (Å²) >= 11 is 0. The van der Waals surface area contributed by atoms with Gasteiger partial charge in [-0.1, -0.05) is 6.07 Å². The lowest BCUT2D eigenvalue weighted by molar-refractivity contribution is -0.192. The third-order valence-electron chi connectivity index (χ3n) is 5.02. The van der Waals surface area contributed by atoms with Crippen LogP contribution in [0.2, 0.25) is 0 Å². The number of aromatic amines is 1. The largest absolute Gasteiger partial charge is 0.490 e. The molecule has 0 aliphatic carbocycles. The lowest BCUT2D eigenvalue weighted by atomic mass is 10.1. The van der Waals surface area contributed by atoms with Gasteiger partial charge in [0.05, 0.1) is 23.1 Å². The van der Waals surface area contributed by atoms with Crippen LogP contribution in [0.1, 0.15) is 30.8 Å². The number of H-pyrrole nitrogens is 1. The number of carboxylic acid groups (broad SMARTS) is 1. The Labute approximate surface area is 192 Å². The van der Waals surface area contributed by atoms with Crippen molar-refractivity contribution in [3.8, 4) is 0 Å². The fraction of sp³-hybridized carbons (Fsp3) is 0.261. The van der Waals surface area contributed by atoms with Gasteiger partial charge in [0.2, 0.25) is 5.56 Å². The molecular weight excluding hydrogens is 456 g/mol. The van der Waals surface area contributed by atoms with Gasteiger partial charge in [-0.25, -0.2) is 9.18 Å². The first-order valence-electron chi connectivity index (χ1n) is 10.3. The van der Waals surface area contributed by atoms with Crippen molar-refractivity contribution in [3.05, 3.63) is 82.2 Å². The molecule has 0 unspecified atom stereocenters. The number of carbonyl (C=O) groups is 1. The fourth-order valence-electron chi connectivity index (χ4n) is 3.42. The number of aryl methyl sites for hydroxylation is 1. The molecule has 11 heteroatoms. The number of aromatic nitrogens is 2. The Morgan fingerprint density at radius 1 is 1.15 bits per heavy atom. The summed E-state index contributed by atoms with van der Waals surface area (Å²) in [6, 6.07) is 15.6. The number of carboxylic acids is 1. The van der Waals surface area contributed by atoms with Gasteiger partial charge in [-0.15, -0.1) is 0 Å². The van der Waals surface area contributed by atoms with Crippen molar-refractivity contribution in [2.75, 3.05) is 16.8 Å². The van der Waals surface area contributed by atoms with Crippen LogP contribution in [-0.2, 0) is 11.2 Å². The molecule has 7 nitrogen and oxygen atoms in total. The SMILES string of the molecule is C[C@H](Nc1ccc(F)cc1)c1ccc2c(n1)CCCN2c1cccc(=O)[nH]1.O=C(O)C(F)(F)F. The molecule has 3 heterocycles. The summed E-state index contributed by atoms with van der Waals surface area (Å²) in [5.74, 6) is -2.22. The fourth-order valence-corrected chi connectivity index (χ4v) is 3.42. The molecule has 1 aliphatic rings. The number of nitrogens with one attached hydrogen (secondary N) is 2. The molecule has 0 bridgehead atoms. The van der Waals surface area contributed by atoms with E-state index >= 15 is 0 Å². The van der Waals surface area contributed by atoms with Crippen molar-refractivity contribution in [1.29, 1.82) is 0 Å². The lowest BCUT2D eigenvalue weighted by Gasteiger charge is -2.30. The standard InChI is InChI=1S/C21H21FN4O.C2HF3O2/c1-14(23-16-9-7-15(22)8-10-16)17-11-12-19-18(24-17)4-3-13-26(19)20-5-2-6-21(27)25-20;3-2(4,5)1(6)7/h2,5-12,14,23H,3-4,13H2,1H3,(H,25,27);(H,6,7)/t14-;/m0./s1. The molecule has 0 spiro atoms. The number of hydrogen-bond donors (Lipinski definition) is 3. The van der Waals surface area contributed by atoms with Gasteiger partial charge >= 0.3 is 12.1 Å². The van der Waals surface area contributed by atoms with E-state index in [1.807, 2.05) is 19.1 Å². The normalized spacial score (nSPS) is 13.9. The van der Waals surface area contributed by atoms with E-state index < -0.39 is 12.1 Å². The van der Waals surface area contributed by atoms with Crippen molar-refractivity contribution >= 4 is 23.2 Å². The second-order valence-corrected chi connectivity index (χ2v) is 7.53. The number of halogens is 4. The molecule has 0 saturated heterocycles. The summed E-state index contributed by atoms with van der Waals surface area (Å²) < 4.78 is 44.8. The van der Waals surface area contributed by atoms with Gasteiger partial charge in [-0.3, -0.25) is 9.78 Å². The van der Waals surface area contributed by atoms with Gasteiger partial charge in [0.1, 0.15) is 11.6 Å². The Hall–Kier alpha value is -3.89. The summed E-state index contributed by atoms with van der Waals surface area (Å²) in [6.45, 7) is 2.88. The van der Waals surface area contributed by atoms with Crippen LogP contribution >= 0.6 is 0 Å². The molecule has 34 heavy (non-hydrogen) atoms. The lowest BCUT2D eigenvalue weighted by Crippen LogP contribution is -2.28. The van der Waals surface area contributed by atoms with Gasteiger partial charge in [0.25, 0.3) is 0 Å². The molecule has 0 saturated carbocycles. The number of benzene rings is 1. The Balaban J connectivity index is 0.000000406. The average Bonchev–Trinajstić information content (AvgIpc) is 2.79. The number of anilines is 3. The molecule has 1 aliphatic heterocycles. The van der Waals surface area contributed by atoms with Gasteiger partial charge in [-0.05, 0) is 62.2 Å². The van der Waals surface area contributed by atoms with E-state index in [0.29, 0.717) is 0 Å². The first-order valence-corrected chi connectivity index (χ1v) is 10.3. The Kier molecular flexibility index (Phi) is 7.54. The van der Waals surface area contributed by atoms with E-state index in [1.54, 1.807) is 18.2 Å². The maximum absolute atomic E-state index is 13.1. The molecule has 1 atom stereocenters. The summed E-state index contributed by atoms with van der Waals surface area (Å²) in [4.78, 5) is 30.4. The van der Waals surface area contributed by atoms with Crippen LogP contribution in [-0.4, -0.2) is 33.8 Å². The van der Waals surface area contributed by atoms with Crippen molar-refractivity contribution in [2.24, 2.45) is 0 Å². The van der Waals surface area contributed by atoms with Crippen LogP contribution in [0.4, 0.5) is 34.8 Å². The smallest absolute Gasteiger partial charge is 0.475 e. The minimum atomic E-state index is -5.08. The van der Waals surface area contributed by atoms with Crippen LogP contribution in [0.25, 0.3) is 0 Å². The van der Waals surface area contributed by atoms with Crippen molar-refractivity contribution in [3.63, 3.8) is 0 Å². The highest BCUT2D eigenvalue weighted by atomic mass is 19.4. The van der Waals surface area contributed by atoms with E-state index in [-0.39, 0.29) is 17.4 Å². The molecular formula is C23H22F4N4O3. The minimum Gasteiger partial charge on any atom is -0.475 e. The molecule has 1 aromatic carbocycles. The monoisotopic (exact) mass is 478 g/mol. The van der Waals surface area contributed by atoms with Crippen molar-refractivity contribution in [2.45, 2.75) is 32.0 Å². The second-order valence-electron chi connectivity index (χ2n) is 7.53. The third-order valence-corrected chi connectivity index (χ3v) is 5.02. The molecule has 2 aromatic heterocycles. The van der Waals surface area contributed by atoms with Crippen LogP contribution in [0, 0.1) is 5.82 Å². The number of rotatable bonds is 4. The maximum atomic E-state index is 13.1. The summed E-state index contributed by atoms with van der Waals surface area (Å²) in [6.07, 6.45) is -3.21. The Morgan fingerprint density at radius 2 is 1.82 bits per heavy atom. The predicted molar refractivity (Wildman–Crippen MR) is 119 cm³/mol. The molecule has 0 fully saturated rings. The summed E-state index contributed by atoms with van der Waals surface area (Å²) in [5.41, 5.74) is 3.73. The van der Waals surface area contributed by atoms with Crippen LogP contribution in [0.5, 0.6) is 0 Å². The number of alkyl halides is 3. The molecule has 180 valence electrons. The number of nitrogens with zero attached hydrogens (tertiary/aromatic N) is 2. The van der Waals surface area contributed by atoms with E-state index in [1.165, 1.54) is 18.2 Å². The number of hydrogen-bond acceptors (Lipinski definition) is 5. The number of aliphatic carboxylic acids is 1. The van der Waals surface area contributed by atoms with Gasteiger partial charge in [0.15, 0.2) is 0 Å². The van der Waals surface area contributed by atoms with Gasteiger partial charge in [-0.2, -0.15) is 13.2 Å². The summed E-state index contributed by atoms with van der Waals surface area (Å²) in [5, 5.41) is 10.5. The zero-order chi connectivity index (χ0) is 24.9. The van der Waals surface area contributed by atoms with E-state index in [9.17, 15) is 22.4 Å². The van der Waals surface area contributed by atoms with Gasteiger partial charge in [0, 0.05) is 18.3 Å². The highest BCUT2D eigenvalue weighted by Crippen LogP contribution is 2.32. The minimum absolute atomic E-state index is 0.00679. The number of fused-ring (bicyclic) bond motifs is 1. The zero-order valence-electron chi connectivity index (χ0n) is 18.1. The zero-order valence-corrected chi connectivity index (χ0v) is 18.1. The Bertz CT molecular complexity index is 1200. The molecule has 0 radical (unpaired) electrons. The van der Waals surface area contributed by atoms with Crippen LogP contribution in [0.15, 0.2) is 59.4 Å². The highest BCUT2D eigenvalue weighted by Gasteiger charge is 2.38. The maximum Gasteiger partial charge on any atom is 0.490 e. The molecule has 4 rings (SSSR count). The third kappa shape index (κ3) is 6.33.